The van der Waals surface area contributed by atoms with Gasteiger partial charge in [-0.3, -0.25) is 4.79 Å². The van der Waals surface area contributed by atoms with Crippen molar-refractivity contribution in [1.29, 1.82) is 0 Å². The van der Waals surface area contributed by atoms with Gasteiger partial charge in [0, 0.05) is 18.8 Å². The molecule has 2 rings (SSSR count). The lowest BCUT2D eigenvalue weighted by molar-refractivity contribution is -0.128. The van der Waals surface area contributed by atoms with Crippen molar-refractivity contribution < 1.29 is 14.3 Å². The van der Waals surface area contributed by atoms with Gasteiger partial charge in [0.05, 0.1) is 18.2 Å². The van der Waals surface area contributed by atoms with Crippen LogP contribution in [0.5, 0.6) is 5.75 Å². The molecule has 1 saturated heterocycles. The number of benzene rings is 1. The fourth-order valence-electron chi connectivity index (χ4n) is 1.91. The standard InChI is InChI=1S/C15H21ClN2O3/c1-10(2)9-21-13-4-3-11(7-12(13)16)18-15(19)14-8-17-5-6-20-14/h3-4,7,10,14,17H,5-6,8-9H2,1-2H3,(H,18,19)/t14-/m0/s1. The summed E-state index contributed by atoms with van der Waals surface area (Å²) in [5, 5.41) is 6.40. The van der Waals surface area contributed by atoms with E-state index in [1.54, 1.807) is 18.2 Å². The first-order valence-corrected chi connectivity index (χ1v) is 7.49. The molecule has 1 aliphatic rings. The molecule has 1 atom stereocenters. The quantitative estimate of drug-likeness (QED) is 0.876. The molecule has 0 aromatic heterocycles. The lowest BCUT2D eigenvalue weighted by atomic mass is 10.2. The Bertz CT molecular complexity index is 488. The predicted molar refractivity (Wildman–Crippen MR) is 83.0 cm³/mol. The van der Waals surface area contributed by atoms with Crippen LogP contribution in [0.3, 0.4) is 0 Å². The van der Waals surface area contributed by atoms with Crippen LogP contribution in [0.25, 0.3) is 0 Å². The van der Waals surface area contributed by atoms with E-state index in [2.05, 4.69) is 24.5 Å². The van der Waals surface area contributed by atoms with E-state index in [9.17, 15) is 4.79 Å². The summed E-state index contributed by atoms with van der Waals surface area (Å²) < 4.78 is 11.0. The molecule has 0 bridgehead atoms. The molecular formula is C15H21ClN2O3. The molecule has 1 aliphatic heterocycles. The first-order valence-electron chi connectivity index (χ1n) is 7.12. The molecule has 116 valence electrons. The number of hydrogen-bond donors (Lipinski definition) is 2. The van der Waals surface area contributed by atoms with Crippen molar-refractivity contribution in [2.75, 3.05) is 31.6 Å². The minimum atomic E-state index is -0.464. The number of nitrogens with one attached hydrogen (secondary N) is 2. The molecule has 5 nitrogen and oxygen atoms in total. The number of hydrogen-bond acceptors (Lipinski definition) is 4. The van der Waals surface area contributed by atoms with E-state index >= 15 is 0 Å². The van der Waals surface area contributed by atoms with Gasteiger partial charge in [-0.05, 0) is 24.1 Å². The van der Waals surface area contributed by atoms with E-state index in [-0.39, 0.29) is 5.91 Å². The Morgan fingerprint density at radius 1 is 1.57 bits per heavy atom. The summed E-state index contributed by atoms with van der Waals surface area (Å²) in [6.45, 7) is 6.59. The monoisotopic (exact) mass is 312 g/mol. The zero-order valence-electron chi connectivity index (χ0n) is 12.3. The Morgan fingerprint density at radius 3 is 3.00 bits per heavy atom. The van der Waals surface area contributed by atoms with Gasteiger partial charge >= 0.3 is 0 Å². The predicted octanol–water partition coefficient (Wildman–Crippen LogP) is 2.30. The van der Waals surface area contributed by atoms with Crippen molar-refractivity contribution in [2.45, 2.75) is 20.0 Å². The van der Waals surface area contributed by atoms with E-state index in [4.69, 9.17) is 21.1 Å². The summed E-state index contributed by atoms with van der Waals surface area (Å²) in [6, 6.07) is 5.22. The number of amides is 1. The van der Waals surface area contributed by atoms with Crippen LogP contribution >= 0.6 is 11.6 Å². The van der Waals surface area contributed by atoms with Gasteiger partial charge in [0.1, 0.15) is 11.9 Å². The van der Waals surface area contributed by atoms with Gasteiger partial charge < -0.3 is 20.1 Å². The largest absolute Gasteiger partial charge is 0.492 e. The molecular weight excluding hydrogens is 292 g/mol. The Hall–Kier alpha value is -1.30. The highest BCUT2D eigenvalue weighted by Crippen LogP contribution is 2.28. The number of morpholine rings is 1. The molecule has 0 spiro atoms. The molecule has 0 aliphatic carbocycles. The van der Waals surface area contributed by atoms with Crippen LogP contribution in [-0.2, 0) is 9.53 Å². The molecule has 1 heterocycles. The van der Waals surface area contributed by atoms with Gasteiger partial charge in [0.2, 0.25) is 0 Å². The van der Waals surface area contributed by atoms with Crippen LogP contribution in [0.1, 0.15) is 13.8 Å². The molecule has 1 amide bonds. The molecule has 6 heteroatoms. The van der Waals surface area contributed by atoms with Gasteiger partial charge in [-0.15, -0.1) is 0 Å². The third-order valence-electron chi connectivity index (χ3n) is 2.99. The number of carbonyl (C=O) groups excluding carboxylic acids is 1. The lowest BCUT2D eigenvalue weighted by Gasteiger charge is -2.22. The number of ether oxygens (including phenoxy) is 2. The summed E-state index contributed by atoms with van der Waals surface area (Å²) in [7, 11) is 0. The highest BCUT2D eigenvalue weighted by Gasteiger charge is 2.21. The maximum Gasteiger partial charge on any atom is 0.254 e. The molecule has 0 radical (unpaired) electrons. The maximum atomic E-state index is 12.0. The number of rotatable bonds is 5. The van der Waals surface area contributed by atoms with Gasteiger partial charge in [-0.1, -0.05) is 25.4 Å². The fraction of sp³-hybridized carbons (Fsp3) is 0.533. The zero-order chi connectivity index (χ0) is 15.2. The van der Waals surface area contributed by atoms with Crippen LogP contribution in [0.15, 0.2) is 18.2 Å². The molecule has 1 fully saturated rings. The second-order valence-corrected chi connectivity index (χ2v) is 5.81. The summed E-state index contributed by atoms with van der Waals surface area (Å²) >= 11 is 6.16. The zero-order valence-corrected chi connectivity index (χ0v) is 13.1. The van der Waals surface area contributed by atoms with Crippen molar-refractivity contribution in [3.8, 4) is 5.75 Å². The van der Waals surface area contributed by atoms with Crippen molar-refractivity contribution in [3.05, 3.63) is 23.2 Å². The van der Waals surface area contributed by atoms with Gasteiger partial charge in [0.25, 0.3) is 5.91 Å². The minimum Gasteiger partial charge on any atom is -0.492 e. The Balaban J connectivity index is 1.94. The summed E-state index contributed by atoms with van der Waals surface area (Å²) in [5.74, 6) is 0.879. The average Bonchev–Trinajstić information content (AvgIpc) is 2.47. The molecule has 1 aromatic rings. The van der Waals surface area contributed by atoms with E-state index in [0.29, 0.717) is 42.1 Å². The maximum absolute atomic E-state index is 12.0. The SMILES string of the molecule is CC(C)COc1ccc(NC(=O)[C@@H]2CNCCO2)cc1Cl. The number of carbonyl (C=O) groups is 1. The first-order chi connectivity index (χ1) is 10.1. The molecule has 21 heavy (non-hydrogen) atoms. The second kappa shape index (κ2) is 7.64. The van der Waals surface area contributed by atoms with Gasteiger partial charge in [-0.25, -0.2) is 0 Å². The third kappa shape index (κ3) is 4.88. The van der Waals surface area contributed by atoms with Crippen LogP contribution in [0.4, 0.5) is 5.69 Å². The van der Waals surface area contributed by atoms with E-state index in [1.807, 2.05) is 0 Å². The van der Waals surface area contributed by atoms with Crippen LogP contribution in [-0.4, -0.2) is 38.3 Å². The smallest absolute Gasteiger partial charge is 0.254 e. The van der Waals surface area contributed by atoms with Crippen molar-refractivity contribution in [1.82, 2.24) is 5.32 Å². The Labute approximate surface area is 130 Å². The normalized spacial score (nSPS) is 18.6. The van der Waals surface area contributed by atoms with Crippen molar-refractivity contribution in [2.24, 2.45) is 5.92 Å². The molecule has 0 unspecified atom stereocenters. The fourth-order valence-corrected chi connectivity index (χ4v) is 2.14. The third-order valence-corrected chi connectivity index (χ3v) is 3.29. The highest BCUT2D eigenvalue weighted by molar-refractivity contribution is 6.32. The topological polar surface area (TPSA) is 59.6 Å². The molecule has 1 aromatic carbocycles. The minimum absolute atomic E-state index is 0.172. The van der Waals surface area contributed by atoms with Gasteiger partial charge in [-0.2, -0.15) is 0 Å². The van der Waals surface area contributed by atoms with Crippen molar-refractivity contribution >= 4 is 23.2 Å². The van der Waals surface area contributed by atoms with Gasteiger partial charge in [0.15, 0.2) is 0 Å². The molecule has 2 N–H and O–H groups in total. The second-order valence-electron chi connectivity index (χ2n) is 5.40. The number of anilines is 1. The summed E-state index contributed by atoms with van der Waals surface area (Å²) in [5.41, 5.74) is 0.635. The average molecular weight is 313 g/mol. The number of halogens is 1. The highest BCUT2D eigenvalue weighted by atomic mass is 35.5. The van der Waals surface area contributed by atoms with E-state index < -0.39 is 6.10 Å². The Morgan fingerprint density at radius 2 is 2.38 bits per heavy atom. The first kappa shape index (κ1) is 16.1. The lowest BCUT2D eigenvalue weighted by Crippen LogP contribution is -2.45. The summed E-state index contributed by atoms with van der Waals surface area (Å²) in [6.07, 6.45) is -0.464. The summed E-state index contributed by atoms with van der Waals surface area (Å²) in [4.78, 5) is 12.0. The van der Waals surface area contributed by atoms with Crippen LogP contribution in [0.2, 0.25) is 5.02 Å². The van der Waals surface area contributed by atoms with E-state index in [1.165, 1.54) is 0 Å². The molecule has 0 saturated carbocycles. The van der Waals surface area contributed by atoms with Crippen LogP contribution in [0, 0.1) is 5.92 Å². The van der Waals surface area contributed by atoms with Crippen LogP contribution < -0.4 is 15.4 Å². The van der Waals surface area contributed by atoms with E-state index in [0.717, 1.165) is 6.54 Å². The Kier molecular flexibility index (Phi) is 5.85. The van der Waals surface area contributed by atoms with Crippen molar-refractivity contribution in [3.63, 3.8) is 0 Å².